The van der Waals surface area contributed by atoms with Crippen molar-refractivity contribution in [2.75, 3.05) is 7.11 Å². The number of methoxy groups -OCH3 is 1. The molecule has 1 atom stereocenters. The van der Waals surface area contributed by atoms with Crippen LogP contribution >= 0.6 is 0 Å². The molecule has 1 aromatic rings. The fourth-order valence-electron chi connectivity index (χ4n) is 1.76. The Bertz CT molecular complexity index is 424. The van der Waals surface area contributed by atoms with E-state index < -0.39 is 0 Å². The van der Waals surface area contributed by atoms with E-state index in [1.807, 2.05) is 12.1 Å². The van der Waals surface area contributed by atoms with Gasteiger partial charge in [-0.05, 0) is 23.2 Å². The number of allylic oxidation sites excluding steroid dienone is 2. The van der Waals surface area contributed by atoms with E-state index in [2.05, 4.69) is 18.2 Å². The van der Waals surface area contributed by atoms with Crippen LogP contribution in [0.15, 0.2) is 35.0 Å². The average molecular weight is 203 g/mol. The molecule has 3 heteroatoms. The largest absolute Gasteiger partial charge is 0.494 e. The molecule has 0 saturated carbocycles. The van der Waals surface area contributed by atoms with Crippen molar-refractivity contribution in [1.29, 1.82) is 0 Å². The number of nitrogens with zero attached hydrogens (tertiary/aromatic N) is 1. The SMILES string of the molecule is COc1cccc([C@@H](C)C2=CC2)c1N=O. The molecule has 0 unspecified atom stereocenters. The molecule has 0 fully saturated rings. The topological polar surface area (TPSA) is 38.7 Å². The first-order valence-electron chi connectivity index (χ1n) is 4.97. The molecule has 0 amide bonds. The van der Waals surface area contributed by atoms with Crippen LogP contribution in [0.3, 0.4) is 0 Å². The second-order valence-electron chi connectivity index (χ2n) is 3.69. The molecular formula is C12H13NO2. The Hall–Kier alpha value is -1.64. The van der Waals surface area contributed by atoms with Gasteiger partial charge in [-0.1, -0.05) is 30.7 Å². The van der Waals surface area contributed by atoms with Gasteiger partial charge in [0.15, 0.2) is 5.69 Å². The number of ether oxygens (including phenoxy) is 1. The summed E-state index contributed by atoms with van der Waals surface area (Å²) in [6.45, 7) is 2.09. The zero-order chi connectivity index (χ0) is 10.8. The number of benzene rings is 1. The van der Waals surface area contributed by atoms with Crippen molar-refractivity contribution >= 4 is 5.69 Å². The first-order valence-corrected chi connectivity index (χ1v) is 4.97. The third-order valence-electron chi connectivity index (χ3n) is 2.80. The molecule has 0 bridgehead atoms. The third kappa shape index (κ3) is 1.77. The maximum atomic E-state index is 10.8. The van der Waals surface area contributed by atoms with Crippen LogP contribution in [-0.4, -0.2) is 7.11 Å². The number of hydrogen-bond acceptors (Lipinski definition) is 3. The summed E-state index contributed by atoms with van der Waals surface area (Å²) in [7, 11) is 1.55. The van der Waals surface area contributed by atoms with E-state index in [4.69, 9.17) is 4.74 Å². The van der Waals surface area contributed by atoms with Crippen molar-refractivity contribution in [3.05, 3.63) is 40.3 Å². The highest BCUT2D eigenvalue weighted by atomic mass is 16.5. The smallest absolute Gasteiger partial charge is 0.153 e. The van der Waals surface area contributed by atoms with Crippen molar-refractivity contribution in [3.8, 4) is 5.75 Å². The van der Waals surface area contributed by atoms with E-state index in [0.29, 0.717) is 11.4 Å². The zero-order valence-corrected chi connectivity index (χ0v) is 8.86. The Kier molecular flexibility index (Phi) is 2.54. The number of rotatable bonds is 4. The van der Waals surface area contributed by atoms with Crippen LogP contribution in [0, 0.1) is 4.91 Å². The first kappa shape index (κ1) is 9.90. The van der Waals surface area contributed by atoms with E-state index >= 15 is 0 Å². The highest BCUT2D eigenvalue weighted by Gasteiger charge is 2.22. The second-order valence-corrected chi connectivity index (χ2v) is 3.69. The summed E-state index contributed by atoms with van der Waals surface area (Å²) in [4.78, 5) is 10.8. The Morgan fingerprint density at radius 1 is 1.47 bits per heavy atom. The van der Waals surface area contributed by atoms with E-state index in [0.717, 1.165) is 12.0 Å². The van der Waals surface area contributed by atoms with Gasteiger partial charge in [0.2, 0.25) is 0 Å². The summed E-state index contributed by atoms with van der Waals surface area (Å²) in [6, 6.07) is 5.58. The molecule has 0 aliphatic heterocycles. The molecule has 3 nitrogen and oxygen atoms in total. The number of hydrogen-bond donors (Lipinski definition) is 0. The summed E-state index contributed by atoms with van der Waals surface area (Å²) in [6.07, 6.45) is 3.22. The standard InChI is InChI=1S/C12H13NO2/c1-8(9-6-7-9)10-4-3-5-11(15-2)12(10)13-14/h3-6,8H,7H2,1-2H3/t8-/m0/s1. The van der Waals surface area contributed by atoms with Crippen molar-refractivity contribution in [3.63, 3.8) is 0 Å². The summed E-state index contributed by atoms with van der Waals surface area (Å²) in [5.41, 5.74) is 2.75. The Morgan fingerprint density at radius 2 is 2.20 bits per heavy atom. The quantitative estimate of drug-likeness (QED) is 0.554. The molecule has 0 heterocycles. The molecule has 78 valence electrons. The van der Waals surface area contributed by atoms with Crippen molar-refractivity contribution in [1.82, 2.24) is 0 Å². The predicted molar refractivity (Wildman–Crippen MR) is 59.6 cm³/mol. The normalized spacial score (nSPS) is 15.5. The average Bonchev–Trinajstić information content (AvgIpc) is 3.10. The monoisotopic (exact) mass is 203 g/mol. The van der Waals surface area contributed by atoms with Gasteiger partial charge in [0, 0.05) is 5.92 Å². The third-order valence-corrected chi connectivity index (χ3v) is 2.80. The molecule has 1 aromatic carbocycles. The van der Waals surface area contributed by atoms with Crippen molar-refractivity contribution < 1.29 is 4.74 Å². The molecule has 1 aliphatic rings. The Labute approximate surface area is 88.7 Å². The lowest BCUT2D eigenvalue weighted by Gasteiger charge is -2.12. The van der Waals surface area contributed by atoms with Crippen LogP contribution in [0.4, 0.5) is 5.69 Å². The van der Waals surface area contributed by atoms with Gasteiger partial charge in [-0.3, -0.25) is 0 Å². The maximum Gasteiger partial charge on any atom is 0.153 e. The number of nitroso groups, excluding NO2 is 1. The lowest BCUT2D eigenvalue weighted by atomic mass is 9.96. The predicted octanol–water partition coefficient (Wildman–Crippen LogP) is 3.53. The van der Waals surface area contributed by atoms with E-state index in [1.54, 1.807) is 13.2 Å². The molecule has 0 saturated heterocycles. The minimum absolute atomic E-state index is 0.271. The van der Waals surface area contributed by atoms with Crippen LogP contribution in [0.5, 0.6) is 5.75 Å². The van der Waals surface area contributed by atoms with Gasteiger partial charge in [-0.15, -0.1) is 4.91 Å². The van der Waals surface area contributed by atoms with Gasteiger partial charge in [-0.2, -0.15) is 0 Å². The second kappa shape index (κ2) is 3.85. The van der Waals surface area contributed by atoms with Gasteiger partial charge in [0.1, 0.15) is 5.75 Å². The van der Waals surface area contributed by atoms with Gasteiger partial charge in [-0.25, -0.2) is 0 Å². The summed E-state index contributed by atoms with van der Waals surface area (Å²) in [5.74, 6) is 0.823. The zero-order valence-electron chi connectivity index (χ0n) is 8.86. The van der Waals surface area contributed by atoms with E-state index in [1.165, 1.54) is 5.57 Å². The molecule has 2 rings (SSSR count). The Balaban J connectivity index is 2.44. The van der Waals surface area contributed by atoms with Crippen LogP contribution in [0.1, 0.15) is 24.8 Å². The van der Waals surface area contributed by atoms with E-state index in [9.17, 15) is 4.91 Å². The van der Waals surface area contributed by atoms with Gasteiger partial charge in [0.05, 0.1) is 7.11 Å². The minimum Gasteiger partial charge on any atom is -0.494 e. The fraction of sp³-hybridized carbons (Fsp3) is 0.333. The van der Waals surface area contributed by atoms with Crippen LogP contribution in [0.2, 0.25) is 0 Å². The van der Waals surface area contributed by atoms with Gasteiger partial charge >= 0.3 is 0 Å². The highest BCUT2D eigenvalue weighted by Crippen LogP contribution is 2.42. The molecule has 0 aromatic heterocycles. The Morgan fingerprint density at radius 3 is 2.73 bits per heavy atom. The van der Waals surface area contributed by atoms with Crippen LogP contribution in [0.25, 0.3) is 0 Å². The van der Waals surface area contributed by atoms with Crippen LogP contribution in [-0.2, 0) is 0 Å². The molecular weight excluding hydrogens is 190 g/mol. The molecule has 1 aliphatic carbocycles. The fourth-order valence-corrected chi connectivity index (χ4v) is 1.76. The van der Waals surface area contributed by atoms with Gasteiger partial charge < -0.3 is 4.74 Å². The lowest BCUT2D eigenvalue weighted by molar-refractivity contribution is 0.415. The first-order chi connectivity index (χ1) is 7.27. The summed E-state index contributed by atoms with van der Waals surface area (Å²) in [5, 5.41) is 3.07. The highest BCUT2D eigenvalue weighted by molar-refractivity contribution is 5.61. The van der Waals surface area contributed by atoms with Crippen molar-refractivity contribution in [2.45, 2.75) is 19.3 Å². The van der Waals surface area contributed by atoms with E-state index in [-0.39, 0.29) is 5.92 Å². The summed E-state index contributed by atoms with van der Waals surface area (Å²) >= 11 is 0. The lowest BCUT2D eigenvalue weighted by Crippen LogP contribution is -1.94. The molecule has 0 N–H and O–H groups in total. The molecule has 0 radical (unpaired) electrons. The molecule has 15 heavy (non-hydrogen) atoms. The maximum absolute atomic E-state index is 10.8. The van der Waals surface area contributed by atoms with Crippen LogP contribution < -0.4 is 4.74 Å². The molecule has 0 spiro atoms. The van der Waals surface area contributed by atoms with Crippen molar-refractivity contribution in [2.24, 2.45) is 5.18 Å². The minimum atomic E-state index is 0.271. The van der Waals surface area contributed by atoms with Gasteiger partial charge in [0.25, 0.3) is 0 Å². The summed E-state index contributed by atoms with van der Waals surface area (Å²) < 4.78 is 5.11.